The van der Waals surface area contributed by atoms with Crippen LogP contribution in [-0.4, -0.2) is 72.3 Å². The van der Waals surface area contributed by atoms with Crippen LogP contribution in [0.1, 0.15) is 40.4 Å². The average Bonchev–Trinajstić information content (AvgIpc) is 3.50. The third-order valence-corrected chi connectivity index (χ3v) is 7.91. The van der Waals surface area contributed by atoms with Crippen LogP contribution in [0.25, 0.3) is 0 Å². The molecule has 214 valence electrons. The van der Waals surface area contributed by atoms with Crippen molar-refractivity contribution in [3.63, 3.8) is 0 Å². The fourth-order valence-corrected chi connectivity index (χ4v) is 5.82. The number of fused-ring (bicyclic) bond motifs is 1. The highest BCUT2D eigenvalue weighted by atomic mass is 16.5. The Morgan fingerprint density at radius 1 is 0.800 bits per heavy atom. The lowest BCUT2D eigenvalue weighted by Gasteiger charge is -2.30. The van der Waals surface area contributed by atoms with Crippen LogP contribution in [0.4, 0.5) is 0 Å². The molecule has 5 rings (SSSR count). The molecular formula is C30H34O10. The second-order valence-electron chi connectivity index (χ2n) is 10.2. The van der Waals surface area contributed by atoms with Crippen molar-refractivity contribution in [1.29, 1.82) is 0 Å². The number of aromatic hydroxyl groups is 2. The topological polar surface area (TPSA) is 147 Å². The molecule has 10 heteroatoms. The molecule has 5 unspecified atom stereocenters. The van der Waals surface area contributed by atoms with E-state index in [4.69, 9.17) is 23.7 Å². The van der Waals surface area contributed by atoms with Gasteiger partial charge in [0.2, 0.25) is 0 Å². The summed E-state index contributed by atoms with van der Waals surface area (Å²) in [5.74, 6) is 0.369. The van der Waals surface area contributed by atoms with Gasteiger partial charge in [-0.15, -0.1) is 0 Å². The number of rotatable bonds is 9. The fourth-order valence-electron chi connectivity index (χ4n) is 5.82. The van der Waals surface area contributed by atoms with E-state index in [1.165, 1.54) is 33.5 Å². The van der Waals surface area contributed by atoms with Crippen LogP contribution in [0, 0.1) is 5.92 Å². The Labute approximate surface area is 231 Å². The molecule has 3 aromatic carbocycles. The molecule has 5 atom stereocenters. The third kappa shape index (κ3) is 4.77. The van der Waals surface area contributed by atoms with Gasteiger partial charge in [-0.1, -0.05) is 18.2 Å². The summed E-state index contributed by atoms with van der Waals surface area (Å²) in [6, 6.07) is 13.4. The monoisotopic (exact) mass is 554 g/mol. The lowest BCUT2D eigenvalue weighted by molar-refractivity contribution is -0.0150. The second-order valence-corrected chi connectivity index (χ2v) is 10.2. The summed E-state index contributed by atoms with van der Waals surface area (Å²) >= 11 is 0. The number of aliphatic hydroxyl groups is 3. The van der Waals surface area contributed by atoms with Crippen LogP contribution >= 0.6 is 0 Å². The standard InChI is InChI=1S/C30H34O10/c1-36-24-10-17(4-6-22(24)33)27-20(13-31)19-8-16(9-26(38-3)29(19)40-27)12-30(35)15-39-28(21(30)14-32)18-5-7-23(34)25(11-18)37-2/h4-11,20-21,27-28,31-35H,12-15H2,1-3H3. The zero-order valence-corrected chi connectivity index (χ0v) is 22.5. The zero-order chi connectivity index (χ0) is 28.6. The summed E-state index contributed by atoms with van der Waals surface area (Å²) in [4.78, 5) is 0. The fraction of sp³-hybridized carbons (Fsp3) is 0.400. The summed E-state index contributed by atoms with van der Waals surface area (Å²) in [7, 11) is 4.43. The second kappa shape index (κ2) is 11.1. The van der Waals surface area contributed by atoms with Gasteiger partial charge in [0.1, 0.15) is 6.10 Å². The minimum atomic E-state index is -1.41. The molecule has 10 nitrogen and oxygen atoms in total. The first-order valence-corrected chi connectivity index (χ1v) is 12.9. The number of methoxy groups -OCH3 is 3. The van der Waals surface area contributed by atoms with Crippen LogP contribution < -0.4 is 18.9 Å². The first kappa shape index (κ1) is 27.9. The molecular weight excluding hydrogens is 520 g/mol. The molecule has 0 bridgehead atoms. The molecule has 0 amide bonds. The van der Waals surface area contributed by atoms with Crippen molar-refractivity contribution in [3.05, 3.63) is 70.8 Å². The van der Waals surface area contributed by atoms with Crippen molar-refractivity contribution in [2.75, 3.05) is 41.2 Å². The van der Waals surface area contributed by atoms with Gasteiger partial charge in [-0.05, 0) is 47.0 Å². The van der Waals surface area contributed by atoms with E-state index in [0.717, 1.165) is 11.1 Å². The summed E-state index contributed by atoms with van der Waals surface area (Å²) in [5.41, 5.74) is 1.40. The zero-order valence-electron chi connectivity index (χ0n) is 22.5. The molecule has 5 N–H and O–H groups in total. The van der Waals surface area contributed by atoms with Crippen molar-refractivity contribution >= 4 is 0 Å². The predicted octanol–water partition coefficient (Wildman–Crippen LogP) is 2.99. The minimum absolute atomic E-state index is 0.00306. The van der Waals surface area contributed by atoms with E-state index < -0.39 is 29.6 Å². The highest BCUT2D eigenvalue weighted by molar-refractivity contribution is 5.56. The molecule has 0 saturated carbocycles. The molecule has 2 aliphatic rings. The van der Waals surface area contributed by atoms with E-state index in [1.54, 1.807) is 30.3 Å². The number of phenols is 2. The van der Waals surface area contributed by atoms with Gasteiger partial charge in [-0.2, -0.15) is 0 Å². The van der Waals surface area contributed by atoms with Crippen LogP contribution in [0.5, 0.6) is 34.5 Å². The Hall–Kier alpha value is -3.70. The number of aliphatic hydroxyl groups excluding tert-OH is 2. The van der Waals surface area contributed by atoms with Gasteiger partial charge in [0.05, 0.1) is 58.8 Å². The van der Waals surface area contributed by atoms with Crippen molar-refractivity contribution in [2.45, 2.75) is 30.1 Å². The van der Waals surface area contributed by atoms with Crippen LogP contribution in [0.3, 0.4) is 0 Å². The normalized spacial score (nSPS) is 25.4. The molecule has 0 aliphatic carbocycles. The molecule has 1 saturated heterocycles. The molecule has 2 aliphatic heterocycles. The molecule has 40 heavy (non-hydrogen) atoms. The largest absolute Gasteiger partial charge is 0.504 e. The van der Waals surface area contributed by atoms with Crippen LogP contribution in [0.15, 0.2) is 48.5 Å². The molecule has 3 aromatic rings. The maximum Gasteiger partial charge on any atom is 0.165 e. The van der Waals surface area contributed by atoms with E-state index in [1.807, 2.05) is 6.07 Å². The first-order valence-electron chi connectivity index (χ1n) is 12.9. The number of hydrogen-bond donors (Lipinski definition) is 5. The maximum atomic E-state index is 11.7. The van der Waals surface area contributed by atoms with E-state index in [9.17, 15) is 25.5 Å². The number of phenolic OH excluding ortho intramolecular Hbond substituents is 2. The summed E-state index contributed by atoms with van der Waals surface area (Å²) < 4.78 is 28.4. The molecule has 1 fully saturated rings. The van der Waals surface area contributed by atoms with Gasteiger partial charge >= 0.3 is 0 Å². The van der Waals surface area contributed by atoms with Crippen LogP contribution in [-0.2, 0) is 11.2 Å². The Morgan fingerprint density at radius 2 is 1.40 bits per heavy atom. The number of benzene rings is 3. The number of hydrogen-bond acceptors (Lipinski definition) is 10. The van der Waals surface area contributed by atoms with Gasteiger partial charge in [-0.25, -0.2) is 0 Å². The van der Waals surface area contributed by atoms with E-state index in [2.05, 4.69) is 0 Å². The van der Waals surface area contributed by atoms with Gasteiger partial charge in [0.25, 0.3) is 0 Å². The summed E-state index contributed by atoms with van der Waals surface area (Å²) in [6.07, 6.45) is -1.04. The maximum absolute atomic E-state index is 11.7. The SMILES string of the molecule is COc1cc(C2Oc3c(OC)cc(CC4(O)COC(c5ccc(O)c(OC)c5)C4CO)cc3C2CO)ccc1O. The molecule has 2 heterocycles. The Bertz CT molecular complexity index is 1370. The highest BCUT2D eigenvalue weighted by Crippen LogP contribution is 2.52. The summed E-state index contributed by atoms with van der Waals surface area (Å²) in [5, 5.41) is 52.4. The lowest BCUT2D eigenvalue weighted by Crippen LogP contribution is -2.41. The molecule has 0 aromatic heterocycles. The van der Waals surface area contributed by atoms with Gasteiger partial charge in [-0.3, -0.25) is 0 Å². The van der Waals surface area contributed by atoms with Crippen LogP contribution in [0.2, 0.25) is 0 Å². The van der Waals surface area contributed by atoms with Gasteiger partial charge < -0.3 is 49.2 Å². The lowest BCUT2D eigenvalue weighted by atomic mass is 9.79. The van der Waals surface area contributed by atoms with E-state index in [0.29, 0.717) is 28.4 Å². The first-order chi connectivity index (χ1) is 19.3. The van der Waals surface area contributed by atoms with Crippen molar-refractivity contribution in [3.8, 4) is 34.5 Å². The predicted molar refractivity (Wildman–Crippen MR) is 143 cm³/mol. The quantitative estimate of drug-likeness (QED) is 0.267. The van der Waals surface area contributed by atoms with E-state index in [-0.39, 0.29) is 43.5 Å². The highest BCUT2D eigenvalue weighted by Gasteiger charge is 2.49. The van der Waals surface area contributed by atoms with Gasteiger partial charge in [0.15, 0.2) is 34.5 Å². The average molecular weight is 555 g/mol. The molecule has 0 spiro atoms. The van der Waals surface area contributed by atoms with Crippen molar-refractivity contribution in [1.82, 2.24) is 0 Å². The van der Waals surface area contributed by atoms with E-state index >= 15 is 0 Å². The summed E-state index contributed by atoms with van der Waals surface area (Å²) in [6.45, 7) is -0.578. The Morgan fingerprint density at radius 3 is 1.95 bits per heavy atom. The van der Waals surface area contributed by atoms with Crippen molar-refractivity contribution in [2.24, 2.45) is 5.92 Å². The van der Waals surface area contributed by atoms with Crippen molar-refractivity contribution < 1.29 is 49.2 Å². The van der Waals surface area contributed by atoms with Gasteiger partial charge in [0, 0.05) is 17.9 Å². The third-order valence-electron chi connectivity index (χ3n) is 7.91. The minimum Gasteiger partial charge on any atom is -0.504 e. The number of ether oxygens (including phenoxy) is 5. The Kier molecular flexibility index (Phi) is 7.70. The Balaban J connectivity index is 1.45. The smallest absolute Gasteiger partial charge is 0.165 e. The molecule has 0 radical (unpaired) electrons.